The fourth-order valence-corrected chi connectivity index (χ4v) is 4.09. The molecule has 0 saturated heterocycles. The summed E-state index contributed by atoms with van der Waals surface area (Å²) < 4.78 is 1.92. The van der Waals surface area contributed by atoms with Crippen LogP contribution in [0.5, 0.6) is 0 Å². The first kappa shape index (κ1) is 13.5. The lowest BCUT2D eigenvalue weighted by Gasteiger charge is -2.21. The highest BCUT2D eigenvalue weighted by atomic mass is 32.1. The van der Waals surface area contributed by atoms with Gasteiger partial charge in [0.25, 0.3) is 0 Å². The highest BCUT2D eigenvalue weighted by molar-refractivity contribution is 7.12. The maximum absolute atomic E-state index is 12.5. The van der Waals surface area contributed by atoms with Crippen LogP contribution in [0.25, 0.3) is 5.69 Å². The van der Waals surface area contributed by atoms with Gasteiger partial charge >= 0.3 is 0 Å². The zero-order valence-electron chi connectivity index (χ0n) is 12.3. The zero-order valence-corrected chi connectivity index (χ0v) is 13.1. The molecular weight excluding hydrogens is 292 g/mol. The minimum Gasteiger partial charge on any atom is -0.294 e. The summed E-state index contributed by atoms with van der Waals surface area (Å²) in [5.41, 5.74) is 2.84. The summed E-state index contributed by atoms with van der Waals surface area (Å²) in [4.78, 5) is 15.1. The van der Waals surface area contributed by atoms with Crippen LogP contribution in [0.3, 0.4) is 0 Å². The summed E-state index contributed by atoms with van der Waals surface area (Å²) in [6.45, 7) is 2.11. The molecule has 0 spiro atoms. The van der Waals surface area contributed by atoms with Gasteiger partial charge in [-0.1, -0.05) is 18.2 Å². The Bertz CT molecular complexity index is 832. The zero-order chi connectivity index (χ0) is 15.1. The number of rotatable bonds is 2. The van der Waals surface area contributed by atoms with Gasteiger partial charge in [0.2, 0.25) is 0 Å². The molecule has 1 aliphatic rings. The Morgan fingerprint density at radius 2 is 1.95 bits per heavy atom. The molecule has 22 heavy (non-hydrogen) atoms. The van der Waals surface area contributed by atoms with Crippen LogP contribution in [0, 0.1) is 6.92 Å². The smallest absolute Gasteiger partial charge is 0.166 e. The molecule has 2 aromatic heterocycles. The standard InChI is InChI=1S/C18H16N2OS/c1-12-7-8-18(22-12)13-9-16-15(17(21)10-13)11-19-20(16)14-5-3-2-4-6-14/h2-8,11,13H,9-10H2,1H3/t13-/m1/s1. The van der Waals surface area contributed by atoms with Crippen LogP contribution in [0.1, 0.15) is 38.1 Å². The highest BCUT2D eigenvalue weighted by Crippen LogP contribution is 2.36. The number of ketones is 1. The van der Waals surface area contributed by atoms with Gasteiger partial charge in [-0.15, -0.1) is 11.3 Å². The summed E-state index contributed by atoms with van der Waals surface area (Å²) in [6.07, 6.45) is 3.18. The number of benzene rings is 1. The van der Waals surface area contributed by atoms with Gasteiger partial charge < -0.3 is 0 Å². The number of hydrogen-bond donors (Lipinski definition) is 0. The van der Waals surface area contributed by atoms with Crippen molar-refractivity contribution in [1.82, 2.24) is 9.78 Å². The molecule has 1 aromatic carbocycles. The number of nitrogens with zero attached hydrogens (tertiary/aromatic N) is 2. The number of thiophene rings is 1. The van der Waals surface area contributed by atoms with E-state index in [9.17, 15) is 4.79 Å². The number of carbonyl (C=O) groups excluding carboxylic acids is 1. The molecule has 2 heterocycles. The first-order valence-corrected chi connectivity index (χ1v) is 8.26. The van der Waals surface area contributed by atoms with Crippen molar-refractivity contribution < 1.29 is 4.79 Å². The molecular formula is C18H16N2OS. The summed E-state index contributed by atoms with van der Waals surface area (Å²) in [6, 6.07) is 14.3. The number of fused-ring (bicyclic) bond motifs is 1. The average molecular weight is 308 g/mol. The molecule has 0 saturated carbocycles. The molecule has 0 amide bonds. The maximum Gasteiger partial charge on any atom is 0.166 e. The van der Waals surface area contributed by atoms with Crippen molar-refractivity contribution in [3.8, 4) is 5.69 Å². The predicted molar refractivity (Wildman–Crippen MR) is 88.0 cm³/mol. The Balaban J connectivity index is 1.76. The molecule has 4 heteroatoms. The van der Waals surface area contributed by atoms with Crippen LogP contribution in [-0.2, 0) is 6.42 Å². The van der Waals surface area contributed by atoms with Gasteiger partial charge in [0.1, 0.15) is 0 Å². The van der Waals surface area contributed by atoms with Gasteiger partial charge in [-0.3, -0.25) is 4.79 Å². The molecule has 3 nitrogen and oxygen atoms in total. The minimum atomic E-state index is 0.208. The molecule has 0 unspecified atom stereocenters. The van der Waals surface area contributed by atoms with Crippen molar-refractivity contribution in [3.05, 3.63) is 69.7 Å². The van der Waals surface area contributed by atoms with Gasteiger partial charge in [-0.2, -0.15) is 5.10 Å². The Hall–Kier alpha value is -2.20. The van der Waals surface area contributed by atoms with Gasteiger partial charge in [0.15, 0.2) is 5.78 Å². The molecule has 0 N–H and O–H groups in total. The minimum absolute atomic E-state index is 0.208. The topological polar surface area (TPSA) is 34.9 Å². The monoisotopic (exact) mass is 308 g/mol. The summed E-state index contributed by atoms with van der Waals surface area (Å²) in [7, 11) is 0. The fraction of sp³-hybridized carbons (Fsp3) is 0.222. The number of aryl methyl sites for hydroxylation is 1. The number of hydrogen-bond acceptors (Lipinski definition) is 3. The lowest BCUT2D eigenvalue weighted by molar-refractivity contribution is 0.0964. The highest BCUT2D eigenvalue weighted by Gasteiger charge is 2.30. The third kappa shape index (κ3) is 2.20. The van der Waals surface area contributed by atoms with Crippen LogP contribution in [-0.4, -0.2) is 15.6 Å². The SMILES string of the molecule is Cc1ccc([C@H]2CC(=O)c3cnn(-c4ccccc4)c3C2)s1. The van der Waals surface area contributed by atoms with Crippen LogP contribution in [0.2, 0.25) is 0 Å². The van der Waals surface area contributed by atoms with Gasteiger partial charge in [0.05, 0.1) is 23.1 Å². The van der Waals surface area contributed by atoms with E-state index in [0.717, 1.165) is 23.4 Å². The van der Waals surface area contributed by atoms with E-state index in [1.165, 1.54) is 9.75 Å². The van der Waals surface area contributed by atoms with E-state index in [0.29, 0.717) is 6.42 Å². The normalized spacial score (nSPS) is 17.5. The first-order chi connectivity index (χ1) is 10.7. The second kappa shape index (κ2) is 5.21. The molecule has 1 atom stereocenters. The molecule has 3 aromatic rings. The van der Waals surface area contributed by atoms with Gasteiger partial charge in [-0.25, -0.2) is 4.68 Å². The van der Waals surface area contributed by atoms with E-state index in [1.54, 1.807) is 17.5 Å². The first-order valence-electron chi connectivity index (χ1n) is 7.44. The summed E-state index contributed by atoms with van der Waals surface area (Å²) in [5.74, 6) is 0.484. The van der Waals surface area contributed by atoms with E-state index in [-0.39, 0.29) is 11.7 Å². The molecule has 0 aliphatic heterocycles. The molecule has 0 fully saturated rings. The molecule has 0 radical (unpaired) electrons. The molecule has 1 aliphatic carbocycles. The van der Waals surface area contributed by atoms with E-state index in [1.807, 2.05) is 35.0 Å². The summed E-state index contributed by atoms with van der Waals surface area (Å²) >= 11 is 1.79. The number of Topliss-reactive ketones (excluding diaryl/α,β-unsaturated/α-hetero) is 1. The van der Waals surface area contributed by atoms with Crippen molar-refractivity contribution in [3.63, 3.8) is 0 Å². The number of para-hydroxylation sites is 1. The Kier molecular flexibility index (Phi) is 3.19. The number of carbonyl (C=O) groups is 1. The Morgan fingerprint density at radius 1 is 1.14 bits per heavy atom. The predicted octanol–water partition coefficient (Wildman–Crippen LogP) is 4.15. The number of aromatic nitrogens is 2. The van der Waals surface area contributed by atoms with E-state index >= 15 is 0 Å². The average Bonchev–Trinajstić information content (AvgIpc) is 3.14. The molecule has 4 rings (SSSR count). The van der Waals surface area contributed by atoms with E-state index < -0.39 is 0 Å². The third-order valence-corrected chi connectivity index (χ3v) is 5.37. The van der Waals surface area contributed by atoms with Crippen LogP contribution in [0.15, 0.2) is 48.7 Å². The maximum atomic E-state index is 12.5. The van der Waals surface area contributed by atoms with E-state index in [2.05, 4.69) is 24.2 Å². The van der Waals surface area contributed by atoms with Crippen molar-refractivity contribution in [2.24, 2.45) is 0 Å². The van der Waals surface area contributed by atoms with Crippen LogP contribution >= 0.6 is 11.3 Å². The van der Waals surface area contributed by atoms with Crippen LogP contribution in [0.4, 0.5) is 0 Å². The van der Waals surface area contributed by atoms with Crippen molar-refractivity contribution >= 4 is 17.1 Å². The molecule has 110 valence electrons. The fourth-order valence-electron chi connectivity index (χ4n) is 3.11. The Labute approximate surface area is 133 Å². The molecule has 0 bridgehead atoms. The van der Waals surface area contributed by atoms with Gasteiger partial charge in [-0.05, 0) is 37.6 Å². The lowest BCUT2D eigenvalue weighted by atomic mass is 9.86. The van der Waals surface area contributed by atoms with E-state index in [4.69, 9.17) is 0 Å². The third-order valence-electron chi connectivity index (χ3n) is 4.21. The summed E-state index contributed by atoms with van der Waals surface area (Å²) in [5, 5.41) is 4.45. The Morgan fingerprint density at radius 3 is 2.68 bits per heavy atom. The largest absolute Gasteiger partial charge is 0.294 e. The quantitative estimate of drug-likeness (QED) is 0.712. The van der Waals surface area contributed by atoms with Gasteiger partial charge in [0, 0.05) is 22.1 Å². The van der Waals surface area contributed by atoms with Crippen LogP contribution < -0.4 is 0 Å². The second-order valence-corrected chi connectivity index (χ2v) is 7.05. The second-order valence-electron chi connectivity index (χ2n) is 5.73. The van der Waals surface area contributed by atoms with Crippen molar-refractivity contribution in [2.75, 3.05) is 0 Å². The van der Waals surface area contributed by atoms with Crippen molar-refractivity contribution in [1.29, 1.82) is 0 Å². The lowest BCUT2D eigenvalue weighted by Crippen LogP contribution is -2.19. The van der Waals surface area contributed by atoms with Crippen molar-refractivity contribution in [2.45, 2.75) is 25.7 Å².